The lowest BCUT2D eigenvalue weighted by atomic mass is 9.83. The second-order valence-electron chi connectivity index (χ2n) is 5.82. The predicted octanol–water partition coefficient (Wildman–Crippen LogP) is 5.26. The number of rotatable bonds is 2. The molecule has 1 aliphatic rings. The molecule has 1 nitrogen and oxygen atoms in total. The van der Waals surface area contributed by atoms with E-state index in [0.29, 0.717) is 5.92 Å². The van der Waals surface area contributed by atoms with Crippen LogP contribution in [0.15, 0.2) is 29.6 Å². The van der Waals surface area contributed by atoms with Crippen LogP contribution in [0.2, 0.25) is 0 Å². The van der Waals surface area contributed by atoms with E-state index in [2.05, 4.69) is 29.6 Å². The van der Waals surface area contributed by atoms with Crippen LogP contribution in [0, 0.1) is 5.92 Å². The van der Waals surface area contributed by atoms with Gasteiger partial charge < -0.3 is 5.73 Å². The molecular weight excluding hydrogens is 250 g/mol. The molecule has 0 saturated heterocycles. The van der Waals surface area contributed by atoms with Crippen LogP contribution in [-0.4, -0.2) is 0 Å². The molecule has 102 valence electrons. The minimum atomic E-state index is 0.231. The van der Waals surface area contributed by atoms with Crippen molar-refractivity contribution in [2.75, 3.05) is 0 Å². The first-order chi connectivity index (χ1) is 9.36. The van der Waals surface area contributed by atoms with Gasteiger partial charge in [0.15, 0.2) is 0 Å². The normalized spacial score (nSPS) is 20.1. The van der Waals surface area contributed by atoms with E-state index in [0.717, 1.165) is 0 Å². The van der Waals surface area contributed by atoms with Gasteiger partial charge in [-0.15, -0.1) is 11.3 Å². The Hall–Kier alpha value is -0.860. The molecule has 0 aliphatic heterocycles. The van der Waals surface area contributed by atoms with Crippen LogP contribution in [0.25, 0.3) is 10.1 Å². The Labute approximate surface area is 119 Å². The van der Waals surface area contributed by atoms with Gasteiger partial charge in [0.05, 0.1) is 0 Å². The number of fused-ring (bicyclic) bond motifs is 1. The zero-order valence-electron chi connectivity index (χ0n) is 11.5. The van der Waals surface area contributed by atoms with E-state index in [-0.39, 0.29) is 6.04 Å². The summed E-state index contributed by atoms with van der Waals surface area (Å²) in [6.07, 6.45) is 9.56. The van der Waals surface area contributed by atoms with Crippen LogP contribution >= 0.6 is 11.3 Å². The molecule has 1 saturated carbocycles. The third-order valence-electron chi connectivity index (χ3n) is 4.53. The Kier molecular flexibility index (Phi) is 4.19. The summed E-state index contributed by atoms with van der Waals surface area (Å²) in [5.74, 6) is 0.679. The fraction of sp³-hybridized carbons (Fsp3) is 0.529. The summed E-state index contributed by atoms with van der Waals surface area (Å²) in [6.45, 7) is 0. The molecule has 1 aromatic heterocycles. The van der Waals surface area contributed by atoms with Crippen molar-refractivity contribution in [1.82, 2.24) is 0 Å². The lowest BCUT2D eigenvalue weighted by molar-refractivity contribution is 0.329. The molecule has 3 rings (SSSR count). The molecule has 2 aromatic rings. The van der Waals surface area contributed by atoms with Gasteiger partial charge in [-0.1, -0.05) is 50.3 Å². The molecule has 1 unspecified atom stereocenters. The van der Waals surface area contributed by atoms with Gasteiger partial charge in [0, 0.05) is 10.7 Å². The van der Waals surface area contributed by atoms with Crippen molar-refractivity contribution in [1.29, 1.82) is 0 Å². The van der Waals surface area contributed by atoms with Gasteiger partial charge in [-0.05, 0) is 41.2 Å². The molecule has 1 heterocycles. The Morgan fingerprint density at radius 3 is 2.47 bits per heavy atom. The van der Waals surface area contributed by atoms with E-state index < -0.39 is 0 Å². The Morgan fingerprint density at radius 1 is 1.00 bits per heavy atom. The number of hydrogen-bond acceptors (Lipinski definition) is 2. The number of thiophene rings is 1. The number of benzene rings is 1. The van der Waals surface area contributed by atoms with Crippen LogP contribution in [0.4, 0.5) is 0 Å². The fourth-order valence-electron chi connectivity index (χ4n) is 3.36. The fourth-order valence-corrected chi connectivity index (χ4v) is 4.37. The number of nitrogens with two attached hydrogens (primary N) is 1. The average Bonchev–Trinajstić information content (AvgIpc) is 2.81. The van der Waals surface area contributed by atoms with Gasteiger partial charge >= 0.3 is 0 Å². The standard InChI is InChI=1S/C17H23NS/c18-17(13-8-4-2-1-3-5-9-13)15-12-19-16-11-7-6-10-14(15)16/h6-7,10-13,17H,1-5,8-9,18H2. The van der Waals surface area contributed by atoms with E-state index in [1.54, 1.807) is 0 Å². The summed E-state index contributed by atoms with van der Waals surface area (Å²) in [4.78, 5) is 0. The molecule has 1 atom stereocenters. The van der Waals surface area contributed by atoms with Crippen LogP contribution in [0.1, 0.15) is 56.6 Å². The minimum absolute atomic E-state index is 0.231. The van der Waals surface area contributed by atoms with Gasteiger partial charge in [-0.2, -0.15) is 0 Å². The van der Waals surface area contributed by atoms with Crippen molar-refractivity contribution in [2.24, 2.45) is 11.7 Å². The summed E-state index contributed by atoms with van der Waals surface area (Å²) in [5.41, 5.74) is 7.99. The van der Waals surface area contributed by atoms with Gasteiger partial charge in [0.2, 0.25) is 0 Å². The van der Waals surface area contributed by atoms with Crippen LogP contribution in [0.5, 0.6) is 0 Å². The first-order valence-electron chi connectivity index (χ1n) is 7.58. The van der Waals surface area contributed by atoms with E-state index in [4.69, 9.17) is 5.73 Å². The molecule has 19 heavy (non-hydrogen) atoms. The van der Waals surface area contributed by atoms with Crippen molar-refractivity contribution in [3.05, 3.63) is 35.2 Å². The van der Waals surface area contributed by atoms with Crippen LogP contribution in [-0.2, 0) is 0 Å². The lowest BCUT2D eigenvalue weighted by Crippen LogP contribution is -2.22. The lowest BCUT2D eigenvalue weighted by Gasteiger charge is -2.25. The first-order valence-corrected chi connectivity index (χ1v) is 8.46. The molecule has 0 amide bonds. The molecule has 2 heteroatoms. The van der Waals surface area contributed by atoms with Crippen LogP contribution in [0.3, 0.4) is 0 Å². The van der Waals surface area contributed by atoms with Crippen molar-refractivity contribution in [2.45, 2.75) is 51.0 Å². The summed E-state index contributed by atoms with van der Waals surface area (Å²) >= 11 is 1.84. The van der Waals surface area contributed by atoms with Gasteiger partial charge in [0.1, 0.15) is 0 Å². The molecule has 0 spiro atoms. The molecule has 0 bridgehead atoms. The zero-order chi connectivity index (χ0) is 13.1. The Bertz CT molecular complexity index is 523. The zero-order valence-corrected chi connectivity index (χ0v) is 12.3. The van der Waals surface area contributed by atoms with E-state index in [1.165, 1.54) is 60.6 Å². The summed E-state index contributed by atoms with van der Waals surface area (Å²) in [6, 6.07) is 8.90. The molecule has 1 fully saturated rings. The third-order valence-corrected chi connectivity index (χ3v) is 5.51. The maximum atomic E-state index is 6.61. The average molecular weight is 273 g/mol. The van der Waals surface area contributed by atoms with Crippen molar-refractivity contribution in [3.8, 4) is 0 Å². The highest BCUT2D eigenvalue weighted by Gasteiger charge is 2.22. The van der Waals surface area contributed by atoms with Gasteiger partial charge in [-0.3, -0.25) is 0 Å². The summed E-state index contributed by atoms with van der Waals surface area (Å²) in [5, 5.41) is 3.66. The molecule has 2 N–H and O–H groups in total. The molecule has 1 aromatic carbocycles. The van der Waals surface area contributed by atoms with Gasteiger partial charge in [0.25, 0.3) is 0 Å². The number of hydrogen-bond donors (Lipinski definition) is 1. The maximum absolute atomic E-state index is 6.61. The first kappa shape index (κ1) is 13.1. The summed E-state index contributed by atoms with van der Waals surface area (Å²) < 4.78 is 1.37. The second-order valence-corrected chi connectivity index (χ2v) is 6.73. The second kappa shape index (κ2) is 6.06. The van der Waals surface area contributed by atoms with Gasteiger partial charge in [-0.25, -0.2) is 0 Å². The highest BCUT2D eigenvalue weighted by molar-refractivity contribution is 7.17. The predicted molar refractivity (Wildman–Crippen MR) is 84.6 cm³/mol. The van der Waals surface area contributed by atoms with Crippen molar-refractivity contribution < 1.29 is 0 Å². The SMILES string of the molecule is NC(c1csc2ccccc12)C1CCCCCCC1. The third kappa shape index (κ3) is 2.85. The topological polar surface area (TPSA) is 26.0 Å². The maximum Gasteiger partial charge on any atom is 0.0346 e. The highest BCUT2D eigenvalue weighted by Crippen LogP contribution is 2.36. The minimum Gasteiger partial charge on any atom is -0.324 e. The van der Waals surface area contributed by atoms with E-state index >= 15 is 0 Å². The van der Waals surface area contributed by atoms with E-state index in [9.17, 15) is 0 Å². The Morgan fingerprint density at radius 2 is 1.68 bits per heavy atom. The highest BCUT2D eigenvalue weighted by atomic mass is 32.1. The quantitative estimate of drug-likeness (QED) is 0.793. The summed E-state index contributed by atoms with van der Waals surface area (Å²) in [7, 11) is 0. The molecule has 1 aliphatic carbocycles. The monoisotopic (exact) mass is 273 g/mol. The smallest absolute Gasteiger partial charge is 0.0346 e. The largest absolute Gasteiger partial charge is 0.324 e. The van der Waals surface area contributed by atoms with Crippen molar-refractivity contribution in [3.63, 3.8) is 0 Å². The van der Waals surface area contributed by atoms with Crippen LogP contribution < -0.4 is 5.73 Å². The van der Waals surface area contributed by atoms with E-state index in [1.807, 2.05) is 11.3 Å². The van der Waals surface area contributed by atoms with Crippen molar-refractivity contribution >= 4 is 21.4 Å². The molecule has 0 radical (unpaired) electrons. The Balaban J connectivity index is 1.83. The molecular formula is C17H23NS.